The number of anilines is 2. The molecule has 9 nitrogen and oxygen atoms in total. The number of nitrogens with zero attached hydrogens (tertiary/aromatic N) is 3. The average molecular weight is 540 g/mol. The number of nitro groups is 1. The van der Waals surface area contributed by atoms with E-state index in [-0.39, 0.29) is 35.1 Å². The number of non-ortho nitro benzene ring substituents is 1. The van der Waals surface area contributed by atoms with E-state index in [2.05, 4.69) is 31.7 Å². The topological polar surface area (TPSA) is 111 Å². The maximum atomic E-state index is 13.9. The van der Waals surface area contributed by atoms with E-state index < -0.39 is 29.1 Å². The van der Waals surface area contributed by atoms with Crippen LogP contribution in [0.5, 0.6) is 5.75 Å². The zero-order chi connectivity index (χ0) is 24.6. The number of carbonyl (C=O) groups excluding carboxylic acids is 1. The Balaban J connectivity index is 1.64. The smallest absolute Gasteiger partial charge is 0.410 e. The Morgan fingerprint density at radius 3 is 2.59 bits per heavy atom. The van der Waals surface area contributed by atoms with Gasteiger partial charge in [-0.05, 0) is 17.7 Å². The highest BCUT2D eigenvalue weighted by molar-refractivity contribution is 9.10. The minimum Gasteiger partial charge on any atom is -0.496 e. The fraction of sp³-hybridized carbons (Fsp3) is 0.238. The highest BCUT2D eigenvalue weighted by atomic mass is 79.9. The number of rotatable bonds is 5. The predicted molar refractivity (Wildman–Crippen MR) is 120 cm³/mol. The fourth-order valence-electron chi connectivity index (χ4n) is 3.67. The van der Waals surface area contributed by atoms with Crippen LogP contribution in [0, 0.1) is 10.1 Å². The van der Waals surface area contributed by atoms with Crippen molar-refractivity contribution in [1.29, 1.82) is 0 Å². The van der Waals surface area contributed by atoms with E-state index in [1.165, 1.54) is 25.3 Å². The minimum absolute atomic E-state index is 0.0308. The van der Waals surface area contributed by atoms with E-state index >= 15 is 0 Å². The molecule has 0 unspecified atom stereocenters. The lowest BCUT2D eigenvalue weighted by molar-refractivity contribution is -0.384. The Morgan fingerprint density at radius 2 is 1.97 bits per heavy atom. The number of halogens is 4. The molecule has 3 aromatic rings. The van der Waals surface area contributed by atoms with E-state index in [0.717, 1.165) is 15.2 Å². The molecule has 0 spiro atoms. The van der Waals surface area contributed by atoms with Gasteiger partial charge >= 0.3 is 6.18 Å². The summed E-state index contributed by atoms with van der Waals surface area (Å²) in [6.07, 6.45) is -4.92. The van der Waals surface area contributed by atoms with Crippen LogP contribution in [0.4, 0.5) is 30.4 Å². The molecule has 0 saturated heterocycles. The van der Waals surface area contributed by atoms with Crippen LogP contribution in [0.3, 0.4) is 0 Å². The van der Waals surface area contributed by atoms with Crippen molar-refractivity contribution in [3.63, 3.8) is 0 Å². The van der Waals surface area contributed by atoms with Crippen molar-refractivity contribution in [2.75, 3.05) is 17.7 Å². The molecule has 2 N–H and O–H groups in total. The zero-order valence-corrected chi connectivity index (χ0v) is 19.1. The monoisotopic (exact) mass is 539 g/mol. The van der Waals surface area contributed by atoms with Gasteiger partial charge in [-0.2, -0.15) is 18.3 Å². The van der Waals surface area contributed by atoms with Crippen molar-refractivity contribution in [3.8, 4) is 5.75 Å². The molecule has 0 bridgehead atoms. The quantitative estimate of drug-likeness (QED) is 0.328. The van der Waals surface area contributed by atoms with Gasteiger partial charge in [0, 0.05) is 29.1 Å². The summed E-state index contributed by atoms with van der Waals surface area (Å²) in [5.41, 5.74) is 0.0864. The van der Waals surface area contributed by atoms with Crippen LogP contribution in [-0.4, -0.2) is 33.9 Å². The van der Waals surface area contributed by atoms with Crippen LogP contribution >= 0.6 is 15.9 Å². The van der Waals surface area contributed by atoms with Crippen LogP contribution in [-0.2, 0) is 0 Å². The third-order valence-corrected chi connectivity index (χ3v) is 5.82. The van der Waals surface area contributed by atoms with E-state index in [0.29, 0.717) is 5.56 Å². The first-order valence-electron chi connectivity index (χ1n) is 9.88. The molecular weight excluding hydrogens is 523 g/mol. The number of fused-ring (bicyclic) bond motifs is 1. The number of nitro benzene ring substituents is 1. The van der Waals surface area contributed by atoms with Gasteiger partial charge in [0.15, 0.2) is 11.7 Å². The van der Waals surface area contributed by atoms with Gasteiger partial charge in [-0.3, -0.25) is 14.9 Å². The standard InChI is InChI=1S/C21H17BrF3N5O4/c1-34-15-7-13(6-14(8-15)30(32)33)26-20(31)17-10-19-27-16(11-2-4-12(22)5-3-11)9-18(21(23,24)25)29(19)28-17/h2-8,10,16,18,27H,9H2,1H3,(H,26,31)/t16-,18+/m0/s1. The summed E-state index contributed by atoms with van der Waals surface area (Å²) in [5, 5.41) is 20.4. The number of amides is 1. The average Bonchev–Trinajstić information content (AvgIpc) is 3.22. The number of carbonyl (C=O) groups is 1. The molecule has 2 atom stereocenters. The van der Waals surface area contributed by atoms with Crippen molar-refractivity contribution in [2.24, 2.45) is 0 Å². The third-order valence-electron chi connectivity index (χ3n) is 5.29. The summed E-state index contributed by atoms with van der Waals surface area (Å²) in [6.45, 7) is 0. The molecule has 4 rings (SSSR count). The molecule has 1 aliphatic heterocycles. The van der Waals surface area contributed by atoms with Crippen LogP contribution in [0.25, 0.3) is 0 Å². The lowest BCUT2D eigenvalue weighted by atomic mass is 9.97. The number of hydrogen-bond donors (Lipinski definition) is 2. The second kappa shape index (κ2) is 8.97. The van der Waals surface area contributed by atoms with Crippen molar-refractivity contribution in [2.45, 2.75) is 24.7 Å². The summed E-state index contributed by atoms with van der Waals surface area (Å²) < 4.78 is 48.1. The summed E-state index contributed by atoms with van der Waals surface area (Å²) in [4.78, 5) is 23.2. The summed E-state index contributed by atoms with van der Waals surface area (Å²) in [6, 6.07) is 9.14. The Hall–Kier alpha value is -3.61. The van der Waals surface area contributed by atoms with E-state index in [4.69, 9.17) is 4.74 Å². The van der Waals surface area contributed by atoms with Crippen LogP contribution in [0.2, 0.25) is 0 Å². The molecule has 2 heterocycles. The molecule has 34 heavy (non-hydrogen) atoms. The lowest BCUT2D eigenvalue weighted by Gasteiger charge is -2.33. The highest BCUT2D eigenvalue weighted by Gasteiger charge is 2.46. The number of nitrogens with one attached hydrogen (secondary N) is 2. The van der Waals surface area contributed by atoms with Gasteiger partial charge in [-0.15, -0.1) is 0 Å². The van der Waals surface area contributed by atoms with Crippen LogP contribution in [0.1, 0.15) is 34.6 Å². The third kappa shape index (κ3) is 4.83. The van der Waals surface area contributed by atoms with Crippen molar-refractivity contribution in [3.05, 3.63) is 74.4 Å². The summed E-state index contributed by atoms with van der Waals surface area (Å²) in [7, 11) is 1.30. The fourth-order valence-corrected chi connectivity index (χ4v) is 3.94. The first-order chi connectivity index (χ1) is 16.0. The molecule has 0 saturated carbocycles. The van der Waals surface area contributed by atoms with Crippen LogP contribution < -0.4 is 15.4 Å². The van der Waals surface area contributed by atoms with Gasteiger partial charge in [0.05, 0.1) is 29.8 Å². The Morgan fingerprint density at radius 1 is 1.26 bits per heavy atom. The minimum atomic E-state index is -4.60. The maximum Gasteiger partial charge on any atom is 0.410 e. The first kappa shape index (κ1) is 23.5. The van der Waals surface area contributed by atoms with Gasteiger partial charge in [0.25, 0.3) is 11.6 Å². The Kier molecular flexibility index (Phi) is 6.21. The molecule has 1 aromatic heterocycles. The van der Waals surface area contributed by atoms with Gasteiger partial charge in [-0.1, -0.05) is 28.1 Å². The second-order valence-electron chi connectivity index (χ2n) is 7.53. The predicted octanol–water partition coefficient (Wildman–Crippen LogP) is 5.48. The number of alkyl halides is 3. The normalized spacial score (nSPS) is 17.4. The van der Waals surface area contributed by atoms with Crippen molar-refractivity contribution in [1.82, 2.24) is 9.78 Å². The van der Waals surface area contributed by atoms with Gasteiger partial charge < -0.3 is 15.4 Å². The molecular formula is C21H17BrF3N5O4. The van der Waals surface area contributed by atoms with Crippen molar-refractivity contribution < 1.29 is 27.6 Å². The van der Waals surface area contributed by atoms with Gasteiger partial charge in [0.2, 0.25) is 0 Å². The largest absolute Gasteiger partial charge is 0.496 e. The second-order valence-corrected chi connectivity index (χ2v) is 8.45. The number of methoxy groups -OCH3 is 1. The van der Waals surface area contributed by atoms with E-state index in [1.807, 2.05) is 0 Å². The number of benzene rings is 2. The highest BCUT2D eigenvalue weighted by Crippen LogP contribution is 2.43. The van der Waals surface area contributed by atoms with Gasteiger partial charge in [0.1, 0.15) is 11.6 Å². The van der Waals surface area contributed by atoms with E-state index in [9.17, 15) is 28.1 Å². The van der Waals surface area contributed by atoms with E-state index in [1.54, 1.807) is 24.3 Å². The molecule has 0 fully saturated rings. The molecule has 0 radical (unpaired) electrons. The zero-order valence-electron chi connectivity index (χ0n) is 17.5. The van der Waals surface area contributed by atoms with Gasteiger partial charge in [-0.25, -0.2) is 4.68 Å². The number of ether oxygens (including phenoxy) is 1. The lowest BCUT2D eigenvalue weighted by Crippen LogP contribution is -2.35. The maximum absolute atomic E-state index is 13.9. The molecule has 2 aromatic carbocycles. The molecule has 1 aliphatic rings. The number of hydrogen-bond acceptors (Lipinski definition) is 6. The molecule has 1 amide bonds. The first-order valence-corrected chi connectivity index (χ1v) is 10.7. The molecule has 13 heteroatoms. The Labute approximate surface area is 199 Å². The SMILES string of the molecule is COc1cc(NC(=O)c2cc3n(n2)[C@@H](C(F)(F)F)C[C@@H](c2ccc(Br)cc2)N3)cc([N+](=O)[O-])c1. The molecule has 178 valence electrons. The number of aromatic nitrogens is 2. The summed E-state index contributed by atoms with van der Waals surface area (Å²) in [5.74, 6) is -0.666. The summed E-state index contributed by atoms with van der Waals surface area (Å²) >= 11 is 3.30. The van der Waals surface area contributed by atoms with Crippen LogP contribution in [0.15, 0.2) is 53.0 Å². The molecule has 0 aliphatic carbocycles. The Bertz CT molecular complexity index is 1250. The van der Waals surface area contributed by atoms with Crippen molar-refractivity contribution >= 4 is 39.0 Å².